The van der Waals surface area contributed by atoms with Gasteiger partial charge in [0, 0.05) is 5.56 Å². The summed E-state index contributed by atoms with van der Waals surface area (Å²) in [6, 6.07) is 8.30. The van der Waals surface area contributed by atoms with Crippen LogP contribution in [0.5, 0.6) is 5.75 Å². The van der Waals surface area contributed by atoms with Crippen molar-refractivity contribution in [2.24, 2.45) is 0 Å². The number of hydrogen-bond donors (Lipinski definition) is 1. The first-order chi connectivity index (χ1) is 8.67. The van der Waals surface area contributed by atoms with E-state index in [1.807, 2.05) is 18.2 Å². The number of fused-ring (bicyclic) bond motifs is 1. The van der Waals surface area contributed by atoms with Crippen LogP contribution in [0.15, 0.2) is 24.3 Å². The number of para-hydroxylation sites is 1. The van der Waals surface area contributed by atoms with E-state index in [1.54, 1.807) is 0 Å². The Morgan fingerprint density at radius 3 is 2.72 bits per heavy atom. The molecule has 1 unspecified atom stereocenters. The van der Waals surface area contributed by atoms with E-state index in [0.29, 0.717) is 6.10 Å². The number of rotatable bonds is 3. The molecular weight excluding hydrogens is 226 g/mol. The number of hydroxylamine groups is 1. The molecule has 0 amide bonds. The van der Waals surface area contributed by atoms with Crippen LogP contribution in [0.3, 0.4) is 0 Å². The molecule has 1 saturated carbocycles. The molecule has 1 atom stereocenters. The van der Waals surface area contributed by atoms with Crippen molar-refractivity contribution in [3.05, 3.63) is 29.8 Å². The first kappa shape index (κ1) is 12.0. The van der Waals surface area contributed by atoms with Gasteiger partial charge in [-0.15, -0.1) is 0 Å². The third-order valence-electron chi connectivity index (χ3n) is 3.95. The molecule has 2 aliphatic rings. The predicted octanol–water partition coefficient (Wildman–Crippen LogP) is 3.36. The summed E-state index contributed by atoms with van der Waals surface area (Å²) in [5.41, 5.74) is 4.18. The lowest BCUT2D eigenvalue weighted by Gasteiger charge is -2.28. The lowest BCUT2D eigenvalue weighted by Crippen LogP contribution is -2.40. The minimum absolute atomic E-state index is 0.106. The van der Waals surface area contributed by atoms with Crippen LogP contribution in [0, 0.1) is 0 Å². The Labute approximate surface area is 108 Å². The molecule has 0 saturated heterocycles. The highest BCUT2D eigenvalue weighted by molar-refractivity contribution is 5.41. The molecule has 1 aromatic rings. The SMILES string of the molecule is CC1(C)Oc2ccccc2C1NOC1CCCC1. The second-order valence-electron chi connectivity index (χ2n) is 5.82. The zero-order valence-electron chi connectivity index (χ0n) is 11.1. The van der Waals surface area contributed by atoms with Crippen molar-refractivity contribution in [1.82, 2.24) is 5.48 Å². The summed E-state index contributed by atoms with van der Waals surface area (Å²) in [6.07, 6.45) is 5.28. The topological polar surface area (TPSA) is 30.5 Å². The molecule has 98 valence electrons. The summed E-state index contributed by atoms with van der Waals surface area (Å²) >= 11 is 0. The largest absolute Gasteiger partial charge is 0.485 e. The average molecular weight is 247 g/mol. The van der Waals surface area contributed by atoms with E-state index in [4.69, 9.17) is 9.57 Å². The number of ether oxygens (including phenoxy) is 1. The van der Waals surface area contributed by atoms with E-state index in [2.05, 4.69) is 25.4 Å². The Hall–Kier alpha value is -1.06. The molecule has 1 N–H and O–H groups in total. The number of nitrogens with one attached hydrogen (secondary N) is 1. The molecule has 0 bridgehead atoms. The van der Waals surface area contributed by atoms with Gasteiger partial charge in [-0.05, 0) is 32.8 Å². The van der Waals surface area contributed by atoms with Gasteiger partial charge in [0.1, 0.15) is 11.4 Å². The summed E-state index contributed by atoms with van der Waals surface area (Å²) in [5.74, 6) is 0.968. The average Bonchev–Trinajstić information content (AvgIpc) is 2.91. The van der Waals surface area contributed by atoms with Gasteiger partial charge in [0.05, 0.1) is 12.1 Å². The van der Waals surface area contributed by atoms with Crippen molar-refractivity contribution >= 4 is 0 Å². The third kappa shape index (κ3) is 2.13. The van der Waals surface area contributed by atoms with Gasteiger partial charge in [-0.25, -0.2) is 0 Å². The Morgan fingerprint density at radius 1 is 1.22 bits per heavy atom. The van der Waals surface area contributed by atoms with Crippen LogP contribution < -0.4 is 10.2 Å². The highest BCUT2D eigenvalue weighted by Crippen LogP contribution is 2.42. The lowest BCUT2D eigenvalue weighted by atomic mass is 9.95. The quantitative estimate of drug-likeness (QED) is 0.831. The van der Waals surface area contributed by atoms with E-state index < -0.39 is 0 Å². The molecule has 18 heavy (non-hydrogen) atoms. The van der Waals surface area contributed by atoms with E-state index >= 15 is 0 Å². The summed E-state index contributed by atoms with van der Waals surface area (Å²) < 4.78 is 5.98. The smallest absolute Gasteiger partial charge is 0.125 e. The van der Waals surface area contributed by atoms with Gasteiger partial charge < -0.3 is 4.74 Å². The molecule has 1 fully saturated rings. The first-order valence-electron chi connectivity index (χ1n) is 6.86. The van der Waals surface area contributed by atoms with Crippen molar-refractivity contribution in [3.8, 4) is 5.75 Å². The van der Waals surface area contributed by atoms with Gasteiger partial charge in [0.2, 0.25) is 0 Å². The van der Waals surface area contributed by atoms with Crippen molar-refractivity contribution in [2.45, 2.75) is 57.3 Å². The predicted molar refractivity (Wildman–Crippen MR) is 70.4 cm³/mol. The lowest BCUT2D eigenvalue weighted by molar-refractivity contribution is -0.0709. The maximum absolute atomic E-state index is 5.98. The highest BCUT2D eigenvalue weighted by atomic mass is 16.7. The molecule has 0 radical (unpaired) electrons. The Morgan fingerprint density at radius 2 is 1.94 bits per heavy atom. The Bertz CT molecular complexity index is 424. The second kappa shape index (κ2) is 4.56. The van der Waals surface area contributed by atoms with Crippen molar-refractivity contribution in [1.29, 1.82) is 0 Å². The maximum atomic E-state index is 5.98. The molecule has 1 aliphatic carbocycles. The fourth-order valence-electron chi connectivity index (χ4n) is 2.90. The van der Waals surface area contributed by atoms with E-state index in [-0.39, 0.29) is 11.6 Å². The van der Waals surface area contributed by atoms with E-state index in [0.717, 1.165) is 5.75 Å². The molecule has 3 nitrogen and oxygen atoms in total. The van der Waals surface area contributed by atoms with Crippen molar-refractivity contribution in [3.63, 3.8) is 0 Å². The van der Waals surface area contributed by atoms with Crippen molar-refractivity contribution in [2.75, 3.05) is 0 Å². The van der Waals surface area contributed by atoms with E-state index in [1.165, 1.54) is 31.2 Å². The van der Waals surface area contributed by atoms with Crippen LogP contribution in [0.4, 0.5) is 0 Å². The van der Waals surface area contributed by atoms with Crippen LogP contribution in [-0.2, 0) is 4.84 Å². The van der Waals surface area contributed by atoms with Gasteiger partial charge in [0.25, 0.3) is 0 Å². The molecule has 0 aromatic heterocycles. The molecule has 0 spiro atoms. The molecule has 3 rings (SSSR count). The van der Waals surface area contributed by atoms with Gasteiger partial charge in [0.15, 0.2) is 0 Å². The highest BCUT2D eigenvalue weighted by Gasteiger charge is 2.41. The monoisotopic (exact) mass is 247 g/mol. The summed E-state index contributed by atoms with van der Waals surface area (Å²) in [4.78, 5) is 5.85. The molecule has 1 heterocycles. The van der Waals surface area contributed by atoms with Gasteiger partial charge in [-0.1, -0.05) is 31.0 Å². The first-order valence-corrected chi connectivity index (χ1v) is 6.86. The van der Waals surface area contributed by atoms with Gasteiger partial charge in [-0.2, -0.15) is 5.48 Å². The fraction of sp³-hybridized carbons (Fsp3) is 0.600. The molecule has 1 aliphatic heterocycles. The fourth-order valence-corrected chi connectivity index (χ4v) is 2.90. The van der Waals surface area contributed by atoms with Crippen LogP contribution in [0.25, 0.3) is 0 Å². The summed E-state index contributed by atoms with van der Waals surface area (Å²) in [5, 5.41) is 0. The minimum Gasteiger partial charge on any atom is -0.485 e. The summed E-state index contributed by atoms with van der Waals surface area (Å²) in [6.45, 7) is 4.20. The third-order valence-corrected chi connectivity index (χ3v) is 3.95. The van der Waals surface area contributed by atoms with Gasteiger partial charge >= 0.3 is 0 Å². The van der Waals surface area contributed by atoms with Crippen LogP contribution in [0.1, 0.15) is 51.1 Å². The Balaban J connectivity index is 1.73. The van der Waals surface area contributed by atoms with Crippen LogP contribution in [0.2, 0.25) is 0 Å². The van der Waals surface area contributed by atoms with Crippen molar-refractivity contribution < 1.29 is 9.57 Å². The zero-order chi connectivity index (χ0) is 12.6. The number of hydrogen-bond acceptors (Lipinski definition) is 3. The number of benzene rings is 1. The van der Waals surface area contributed by atoms with Gasteiger partial charge in [-0.3, -0.25) is 4.84 Å². The standard InChI is InChI=1S/C15H21NO2/c1-15(2)14(16-18-11-7-3-4-8-11)12-9-5-6-10-13(12)17-15/h5-6,9-11,14,16H,3-4,7-8H2,1-2H3. The minimum atomic E-state index is -0.262. The molecule has 1 aromatic carbocycles. The molecule has 3 heteroatoms. The molecular formula is C15H21NO2. The Kier molecular flexibility index (Phi) is 3.04. The van der Waals surface area contributed by atoms with Crippen LogP contribution in [-0.4, -0.2) is 11.7 Å². The normalized spacial score (nSPS) is 26.0. The summed E-state index contributed by atoms with van der Waals surface area (Å²) in [7, 11) is 0. The zero-order valence-corrected chi connectivity index (χ0v) is 11.1. The van der Waals surface area contributed by atoms with E-state index in [9.17, 15) is 0 Å². The maximum Gasteiger partial charge on any atom is 0.125 e. The van der Waals surface area contributed by atoms with Crippen LogP contribution >= 0.6 is 0 Å². The second-order valence-corrected chi connectivity index (χ2v) is 5.82.